The molecule has 7 nitrogen and oxygen atoms in total. The highest BCUT2D eigenvalue weighted by molar-refractivity contribution is 6.42. The van der Waals surface area contributed by atoms with Crippen molar-refractivity contribution < 1.29 is 14.3 Å². The molecule has 1 atom stereocenters. The first kappa shape index (κ1) is 23.8. The molecule has 3 amide bonds. The smallest absolute Gasteiger partial charge is 0.315 e. The fourth-order valence-electron chi connectivity index (χ4n) is 3.67. The summed E-state index contributed by atoms with van der Waals surface area (Å²) in [5, 5.41) is 9.78. The zero-order valence-corrected chi connectivity index (χ0v) is 19.8. The van der Waals surface area contributed by atoms with Crippen molar-refractivity contribution >= 4 is 35.1 Å². The predicted octanol–water partition coefficient (Wildman–Crippen LogP) is 3.59. The van der Waals surface area contributed by atoms with Crippen molar-refractivity contribution in [3.05, 3.63) is 69.2 Å². The summed E-state index contributed by atoms with van der Waals surface area (Å²) in [6.07, 6.45) is 2.03. The fourth-order valence-corrected chi connectivity index (χ4v) is 3.99. The van der Waals surface area contributed by atoms with E-state index in [-0.39, 0.29) is 18.0 Å². The summed E-state index contributed by atoms with van der Waals surface area (Å²) in [6.45, 7) is 3.69. The van der Waals surface area contributed by atoms with E-state index in [0.717, 1.165) is 37.1 Å². The van der Waals surface area contributed by atoms with Crippen LogP contribution in [0.25, 0.3) is 0 Å². The van der Waals surface area contributed by atoms with Crippen LogP contribution in [0.15, 0.2) is 42.5 Å². The third kappa shape index (κ3) is 7.33. The summed E-state index contributed by atoms with van der Waals surface area (Å²) in [5.41, 5.74) is 2.65. The summed E-state index contributed by atoms with van der Waals surface area (Å²) in [5.74, 6) is -0.0459. The number of carbonyl (C=O) groups is 2. The van der Waals surface area contributed by atoms with Gasteiger partial charge in [-0.25, -0.2) is 4.79 Å². The highest BCUT2D eigenvalue weighted by atomic mass is 35.5. The Hall–Kier alpha value is -2.32. The first-order valence-corrected chi connectivity index (χ1v) is 11.9. The van der Waals surface area contributed by atoms with Crippen molar-refractivity contribution in [1.82, 2.24) is 20.9 Å². The number of urea groups is 1. The van der Waals surface area contributed by atoms with Crippen LogP contribution in [0.4, 0.5) is 4.79 Å². The Morgan fingerprint density at radius 1 is 1.00 bits per heavy atom. The van der Waals surface area contributed by atoms with Gasteiger partial charge in [0.2, 0.25) is 0 Å². The number of benzene rings is 2. The molecule has 176 valence electrons. The lowest BCUT2D eigenvalue weighted by Gasteiger charge is -2.33. The summed E-state index contributed by atoms with van der Waals surface area (Å²) >= 11 is 12.1. The molecule has 9 heteroatoms. The molecule has 1 aliphatic carbocycles. The molecule has 2 aromatic carbocycles. The number of carbonyl (C=O) groups excluding carboxylic acids is 2. The van der Waals surface area contributed by atoms with Gasteiger partial charge < -0.3 is 20.7 Å². The number of hydrogen-bond acceptors (Lipinski definition) is 4. The average Bonchev–Trinajstić information content (AvgIpc) is 3.63. The van der Waals surface area contributed by atoms with Crippen molar-refractivity contribution in [3.8, 4) is 0 Å². The third-order valence-corrected chi connectivity index (χ3v) is 6.42. The minimum atomic E-state index is -0.254. The Balaban J connectivity index is 1.17. The van der Waals surface area contributed by atoms with E-state index in [1.165, 1.54) is 0 Å². The van der Waals surface area contributed by atoms with Crippen LogP contribution in [0.2, 0.25) is 10.0 Å². The van der Waals surface area contributed by atoms with Crippen LogP contribution in [0.1, 0.15) is 34.3 Å². The number of ether oxygens (including phenoxy) is 1. The molecule has 4 rings (SSSR count). The Labute approximate surface area is 203 Å². The van der Waals surface area contributed by atoms with Gasteiger partial charge in [0.1, 0.15) is 0 Å². The molecule has 2 fully saturated rings. The van der Waals surface area contributed by atoms with E-state index >= 15 is 0 Å². The Morgan fingerprint density at radius 2 is 1.76 bits per heavy atom. The number of rotatable bonds is 8. The van der Waals surface area contributed by atoms with Gasteiger partial charge in [-0.15, -0.1) is 0 Å². The molecule has 0 bridgehead atoms. The molecule has 2 aromatic rings. The summed E-state index contributed by atoms with van der Waals surface area (Å²) in [7, 11) is 0. The van der Waals surface area contributed by atoms with E-state index in [4.69, 9.17) is 27.9 Å². The van der Waals surface area contributed by atoms with Gasteiger partial charge in [-0.1, -0.05) is 41.4 Å². The van der Waals surface area contributed by atoms with Crippen LogP contribution in [0, 0.1) is 0 Å². The maximum absolute atomic E-state index is 12.2. The number of amides is 3. The van der Waals surface area contributed by atoms with E-state index in [0.29, 0.717) is 47.9 Å². The Bertz CT molecular complexity index is 982. The first-order valence-electron chi connectivity index (χ1n) is 11.2. The molecule has 1 unspecified atom stereocenters. The van der Waals surface area contributed by atoms with Crippen molar-refractivity contribution in [2.75, 3.05) is 26.2 Å². The van der Waals surface area contributed by atoms with Crippen molar-refractivity contribution in [3.63, 3.8) is 0 Å². The van der Waals surface area contributed by atoms with Gasteiger partial charge in [0.25, 0.3) is 5.91 Å². The van der Waals surface area contributed by atoms with Crippen LogP contribution < -0.4 is 16.0 Å². The van der Waals surface area contributed by atoms with E-state index in [1.807, 2.05) is 24.3 Å². The number of morpholine rings is 1. The summed E-state index contributed by atoms with van der Waals surface area (Å²) in [6, 6.07) is 13.0. The molecule has 0 radical (unpaired) electrons. The number of hydrogen-bond donors (Lipinski definition) is 3. The van der Waals surface area contributed by atoms with Gasteiger partial charge in [0.05, 0.1) is 22.8 Å². The van der Waals surface area contributed by atoms with Crippen LogP contribution in [0.5, 0.6) is 0 Å². The monoisotopic (exact) mass is 490 g/mol. The minimum Gasteiger partial charge on any atom is -0.374 e. The molecule has 1 aliphatic heterocycles. The van der Waals surface area contributed by atoms with Gasteiger partial charge in [0, 0.05) is 44.3 Å². The highest BCUT2D eigenvalue weighted by Gasteiger charge is 2.24. The molecular formula is C24H28Cl2N4O3. The number of halogens is 2. The normalized spacial score (nSPS) is 18.5. The van der Waals surface area contributed by atoms with Crippen molar-refractivity contribution in [1.29, 1.82) is 0 Å². The van der Waals surface area contributed by atoms with E-state index in [9.17, 15) is 9.59 Å². The molecule has 2 aliphatic rings. The topological polar surface area (TPSA) is 82.7 Å². The minimum absolute atomic E-state index is 0.0459. The lowest BCUT2D eigenvalue weighted by Crippen LogP contribution is -2.48. The molecule has 0 aromatic heterocycles. The van der Waals surface area contributed by atoms with Crippen LogP contribution >= 0.6 is 23.2 Å². The second kappa shape index (κ2) is 11.2. The quantitative estimate of drug-likeness (QED) is 0.527. The van der Waals surface area contributed by atoms with E-state index in [1.54, 1.807) is 18.2 Å². The lowest BCUT2D eigenvalue weighted by molar-refractivity contribution is -0.0287. The van der Waals surface area contributed by atoms with Crippen molar-refractivity contribution in [2.24, 2.45) is 0 Å². The Kier molecular flexibility index (Phi) is 8.09. The molecule has 33 heavy (non-hydrogen) atoms. The lowest BCUT2D eigenvalue weighted by atomic mass is 10.1. The molecular weight excluding hydrogens is 463 g/mol. The van der Waals surface area contributed by atoms with Gasteiger partial charge in [-0.3, -0.25) is 9.69 Å². The molecule has 1 saturated heterocycles. The largest absolute Gasteiger partial charge is 0.374 e. The molecule has 0 spiro atoms. The number of nitrogens with zero attached hydrogens (tertiary/aromatic N) is 1. The second-order valence-electron chi connectivity index (χ2n) is 8.48. The van der Waals surface area contributed by atoms with Crippen molar-refractivity contribution in [2.45, 2.75) is 38.1 Å². The van der Waals surface area contributed by atoms with Crippen LogP contribution in [-0.4, -0.2) is 55.2 Å². The summed E-state index contributed by atoms with van der Waals surface area (Å²) < 4.78 is 5.80. The predicted molar refractivity (Wildman–Crippen MR) is 129 cm³/mol. The standard InChI is InChI=1S/C24H28Cl2N4O3/c25-21-8-3-17(11-22(21)26)14-30-9-10-33-20(15-30)13-28-24(32)27-12-16-1-4-18(5-2-16)23(31)29-19-6-7-19/h1-5,8,11,19-20H,6-7,9-10,12-15H2,(H,29,31)(H2,27,28,32). The van der Waals surface area contributed by atoms with Crippen LogP contribution in [0.3, 0.4) is 0 Å². The zero-order valence-electron chi connectivity index (χ0n) is 18.3. The average molecular weight is 491 g/mol. The van der Waals surface area contributed by atoms with E-state index in [2.05, 4.69) is 20.9 Å². The first-order chi connectivity index (χ1) is 16.0. The third-order valence-electron chi connectivity index (χ3n) is 5.69. The maximum atomic E-state index is 12.2. The van der Waals surface area contributed by atoms with Crippen LogP contribution in [-0.2, 0) is 17.8 Å². The van der Waals surface area contributed by atoms with Gasteiger partial charge >= 0.3 is 6.03 Å². The number of nitrogens with one attached hydrogen (secondary N) is 3. The highest BCUT2D eigenvalue weighted by Crippen LogP contribution is 2.23. The van der Waals surface area contributed by atoms with Gasteiger partial charge in [0.15, 0.2) is 0 Å². The van der Waals surface area contributed by atoms with Gasteiger partial charge in [-0.2, -0.15) is 0 Å². The second-order valence-corrected chi connectivity index (χ2v) is 9.30. The van der Waals surface area contributed by atoms with Gasteiger partial charge in [-0.05, 0) is 48.2 Å². The van der Waals surface area contributed by atoms with E-state index < -0.39 is 0 Å². The SMILES string of the molecule is O=C(NCc1ccc(C(=O)NC2CC2)cc1)NCC1CN(Cc2ccc(Cl)c(Cl)c2)CCO1. The molecule has 1 saturated carbocycles. The fraction of sp³-hybridized carbons (Fsp3) is 0.417. The molecule has 3 N–H and O–H groups in total. The molecule has 1 heterocycles. The summed E-state index contributed by atoms with van der Waals surface area (Å²) in [4.78, 5) is 26.5. The Morgan fingerprint density at radius 3 is 2.48 bits per heavy atom. The maximum Gasteiger partial charge on any atom is 0.315 e. The zero-order chi connectivity index (χ0) is 23.2.